The van der Waals surface area contributed by atoms with E-state index in [1.807, 2.05) is 88.4 Å². The van der Waals surface area contributed by atoms with Crippen LogP contribution in [0, 0.1) is 11.8 Å². The zero-order valence-electron chi connectivity index (χ0n) is 29.1. The van der Waals surface area contributed by atoms with Gasteiger partial charge in [0.05, 0.1) is 25.8 Å². The summed E-state index contributed by atoms with van der Waals surface area (Å²) in [7, 11) is 1.27. The maximum atomic E-state index is 13.9. The second-order valence-corrected chi connectivity index (χ2v) is 13.7. The number of carbonyl (C=O) groups excluding carboxylic acids is 4. The maximum absolute atomic E-state index is 13.9. The number of hydrogen-bond acceptors (Lipinski definition) is 7. The Morgan fingerprint density at radius 3 is 1.83 bits per heavy atom. The summed E-state index contributed by atoms with van der Waals surface area (Å²) in [5, 5.41) is 20.0. The van der Waals surface area contributed by atoms with E-state index in [4.69, 9.17) is 9.47 Å². The van der Waals surface area contributed by atoms with Crippen LogP contribution in [0.4, 0.5) is 9.59 Å². The van der Waals surface area contributed by atoms with Crippen LogP contribution in [0.5, 0.6) is 0 Å². The number of aliphatic hydroxyl groups excluding tert-OH is 1. The molecule has 0 aliphatic rings. The quantitative estimate of drug-likeness (QED) is 0.190. The van der Waals surface area contributed by atoms with Gasteiger partial charge in [-0.3, -0.25) is 4.79 Å². The number of nitrogens with zero attached hydrogens (tertiary/aromatic N) is 1. The molecule has 0 saturated heterocycles. The minimum atomic E-state index is -1.20. The third-order valence-electron chi connectivity index (χ3n) is 7.21. The average Bonchev–Trinajstić information content (AvgIpc) is 2.98. The van der Waals surface area contributed by atoms with Crippen LogP contribution in [-0.4, -0.2) is 77.5 Å². The fraction of sp³-hybridized carbons (Fsp3) is 0.556. The molecule has 0 spiro atoms. The summed E-state index contributed by atoms with van der Waals surface area (Å²) in [6.07, 6.45) is -0.923. The number of ether oxygens (including phenoxy) is 2. The van der Waals surface area contributed by atoms with Crippen LogP contribution in [0.3, 0.4) is 0 Å². The second kappa shape index (κ2) is 18.9. The summed E-state index contributed by atoms with van der Waals surface area (Å²) < 4.78 is 10.4. The molecule has 0 bridgehead atoms. The molecular weight excluding hydrogens is 600 g/mol. The standard InChI is InChI=1S/C36H54N4O7/c1-24(2)19-29(32(42)37-30(20-25(3)4)33(43)46-8)38-34(44)40(22-27-17-13-10-14-18-27)23-31(41)28(21-26-15-11-9-12-16-26)39-35(45)47-36(5,6)7/h9-18,24-25,28-31,41H,19-23H2,1-8H3,(H,37,42)(H,38,44)(H,39,45)/t28-,29-,30-,31+/m1/s1. The third-order valence-corrected chi connectivity index (χ3v) is 7.21. The van der Waals surface area contributed by atoms with Crippen molar-refractivity contribution < 1.29 is 33.8 Å². The van der Waals surface area contributed by atoms with E-state index in [1.165, 1.54) is 12.0 Å². The Morgan fingerprint density at radius 2 is 1.32 bits per heavy atom. The van der Waals surface area contributed by atoms with Gasteiger partial charge < -0.3 is 35.4 Å². The van der Waals surface area contributed by atoms with Gasteiger partial charge >= 0.3 is 18.1 Å². The molecule has 0 unspecified atom stereocenters. The average molecular weight is 655 g/mol. The molecule has 0 aromatic heterocycles. The van der Waals surface area contributed by atoms with Crippen molar-refractivity contribution >= 4 is 24.0 Å². The van der Waals surface area contributed by atoms with Crippen LogP contribution in [0.15, 0.2) is 60.7 Å². The fourth-order valence-corrected chi connectivity index (χ4v) is 5.03. The zero-order valence-corrected chi connectivity index (χ0v) is 29.1. The van der Waals surface area contributed by atoms with Crippen molar-refractivity contribution in [3.05, 3.63) is 71.8 Å². The molecule has 0 radical (unpaired) electrons. The van der Waals surface area contributed by atoms with E-state index in [-0.39, 0.29) is 31.3 Å². The largest absolute Gasteiger partial charge is 0.467 e. The lowest BCUT2D eigenvalue weighted by Crippen LogP contribution is -2.57. The SMILES string of the molecule is COC(=O)[C@@H](CC(C)C)NC(=O)[C@@H](CC(C)C)NC(=O)N(Cc1ccccc1)C[C@H](O)[C@@H](Cc1ccccc1)NC(=O)OC(C)(C)C. The van der Waals surface area contributed by atoms with Gasteiger partial charge in [-0.2, -0.15) is 0 Å². The van der Waals surface area contributed by atoms with Crippen LogP contribution >= 0.6 is 0 Å². The number of aliphatic hydroxyl groups is 1. The number of carbonyl (C=O) groups is 4. The summed E-state index contributed by atoms with van der Waals surface area (Å²) in [5.41, 5.74) is 0.934. The minimum Gasteiger partial charge on any atom is -0.467 e. The number of benzene rings is 2. The first-order chi connectivity index (χ1) is 22.1. The highest BCUT2D eigenvalue weighted by Gasteiger charge is 2.32. The summed E-state index contributed by atoms with van der Waals surface area (Å²) in [6.45, 7) is 12.9. The lowest BCUT2D eigenvalue weighted by atomic mass is 10.00. The molecule has 11 nitrogen and oxygen atoms in total. The predicted octanol–water partition coefficient (Wildman–Crippen LogP) is 4.81. The lowest BCUT2D eigenvalue weighted by molar-refractivity contribution is -0.145. The first-order valence-corrected chi connectivity index (χ1v) is 16.3. The van der Waals surface area contributed by atoms with E-state index in [2.05, 4.69) is 16.0 Å². The monoisotopic (exact) mass is 654 g/mol. The van der Waals surface area contributed by atoms with Crippen molar-refractivity contribution in [2.24, 2.45) is 11.8 Å². The Labute approximate surface area is 279 Å². The molecule has 2 aromatic carbocycles. The molecule has 0 aliphatic heterocycles. The maximum Gasteiger partial charge on any atom is 0.407 e. The van der Waals surface area contributed by atoms with Gasteiger partial charge in [0.15, 0.2) is 0 Å². The molecule has 0 heterocycles. The number of rotatable bonds is 16. The van der Waals surface area contributed by atoms with E-state index >= 15 is 0 Å². The van der Waals surface area contributed by atoms with E-state index < -0.39 is 53.8 Å². The molecule has 4 amide bonds. The Morgan fingerprint density at radius 1 is 0.787 bits per heavy atom. The zero-order chi connectivity index (χ0) is 35.1. The highest BCUT2D eigenvalue weighted by atomic mass is 16.6. The first kappa shape index (κ1) is 39.1. The highest BCUT2D eigenvalue weighted by molar-refractivity contribution is 5.90. The van der Waals surface area contributed by atoms with Crippen LogP contribution in [0.2, 0.25) is 0 Å². The summed E-state index contributed by atoms with van der Waals surface area (Å²) in [6, 6.07) is 15.5. The van der Waals surface area contributed by atoms with Crippen molar-refractivity contribution in [1.82, 2.24) is 20.9 Å². The van der Waals surface area contributed by atoms with Gasteiger partial charge in [-0.25, -0.2) is 14.4 Å². The Bertz CT molecular complexity index is 1270. The Kier molecular flexibility index (Phi) is 15.7. The van der Waals surface area contributed by atoms with Crippen LogP contribution in [-0.2, 0) is 32.0 Å². The van der Waals surface area contributed by atoms with Crippen molar-refractivity contribution in [1.29, 1.82) is 0 Å². The number of amides is 4. The number of methoxy groups -OCH3 is 1. The molecule has 11 heteroatoms. The van der Waals surface area contributed by atoms with E-state index in [0.29, 0.717) is 12.8 Å². The first-order valence-electron chi connectivity index (χ1n) is 16.3. The normalized spacial score (nSPS) is 14.0. The topological polar surface area (TPSA) is 146 Å². The molecule has 0 fully saturated rings. The van der Waals surface area contributed by atoms with E-state index in [9.17, 15) is 24.3 Å². The summed E-state index contributed by atoms with van der Waals surface area (Å²) >= 11 is 0. The van der Waals surface area contributed by atoms with Gasteiger partial charge in [-0.1, -0.05) is 88.4 Å². The van der Waals surface area contributed by atoms with Crippen molar-refractivity contribution in [3.63, 3.8) is 0 Å². The third kappa shape index (κ3) is 14.9. The lowest BCUT2D eigenvalue weighted by Gasteiger charge is -2.32. The van der Waals surface area contributed by atoms with Crippen LogP contribution in [0.1, 0.15) is 72.4 Å². The molecule has 47 heavy (non-hydrogen) atoms. The number of urea groups is 1. The number of esters is 1. The molecule has 2 rings (SSSR count). The molecule has 4 atom stereocenters. The Balaban J connectivity index is 2.36. The minimum absolute atomic E-state index is 0.0363. The number of nitrogens with one attached hydrogen (secondary N) is 3. The fourth-order valence-electron chi connectivity index (χ4n) is 5.03. The molecule has 2 aromatic rings. The van der Waals surface area contributed by atoms with Gasteiger partial charge in [0.2, 0.25) is 5.91 Å². The van der Waals surface area contributed by atoms with Gasteiger partial charge in [-0.15, -0.1) is 0 Å². The van der Waals surface area contributed by atoms with E-state index in [1.54, 1.807) is 20.8 Å². The molecular formula is C36H54N4O7. The summed E-state index contributed by atoms with van der Waals surface area (Å²) in [5.74, 6) is -0.915. The number of hydrogen-bond donors (Lipinski definition) is 4. The Hall–Kier alpha value is -4.12. The second-order valence-electron chi connectivity index (χ2n) is 13.7. The molecule has 0 aliphatic carbocycles. The van der Waals surface area contributed by atoms with Crippen molar-refractivity contribution in [2.45, 2.75) is 104 Å². The van der Waals surface area contributed by atoms with Gasteiger partial charge in [0, 0.05) is 6.54 Å². The van der Waals surface area contributed by atoms with Gasteiger partial charge in [-0.05, 0) is 63.0 Å². The molecule has 4 N–H and O–H groups in total. The highest BCUT2D eigenvalue weighted by Crippen LogP contribution is 2.15. The van der Waals surface area contributed by atoms with Crippen LogP contribution < -0.4 is 16.0 Å². The summed E-state index contributed by atoms with van der Waals surface area (Å²) in [4.78, 5) is 54.1. The van der Waals surface area contributed by atoms with Gasteiger partial charge in [0.25, 0.3) is 0 Å². The van der Waals surface area contributed by atoms with Gasteiger partial charge in [0.1, 0.15) is 17.7 Å². The van der Waals surface area contributed by atoms with Crippen molar-refractivity contribution in [3.8, 4) is 0 Å². The predicted molar refractivity (Wildman–Crippen MR) is 181 cm³/mol. The van der Waals surface area contributed by atoms with Crippen molar-refractivity contribution in [2.75, 3.05) is 13.7 Å². The number of alkyl carbamates (subject to hydrolysis) is 1. The smallest absolute Gasteiger partial charge is 0.407 e. The molecule has 260 valence electrons. The molecule has 0 saturated carbocycles. The van der Waals surface area contributed by atoms with Crippen LogP contribution in [0.25, 0.3) is 0 Å². The van der Waals surface area contributed by atoms with E-state index in [0.717, 1.165) is 11.1 Å².